The number of hydrogen-bond acceptors (Lipinski definition) is 2. The van der Waals surface area contributed by atoms with Crippen LogP contribution in [0.1, 0.15) is 0 Å². The van der Waals surface area contributed by atoms with Gasteiger partial charge in [0.1, 0.15) is 8.96 Å². The van der Waals surface area contributed by atoms with Gasteiger partial charge in [0.25, 0.3) is 0 Å². The maximum Gasteiger partial charge on any atom is 0.211 e. The van der Waals surface area contributed by atoms with E-state index in [-0.39, 0.29) is 0 Å². The number of hydrogen-bond donors (Lipinski definition) is 2. The zero-order chi connectivity index (χ0) is 4.12. The van der Waals surface area contributed by atoms with Crippen LogP contribution in [0.15, 0.2) is 0 Å². The van der Waals surface area contributed by atoms with Gasteiger partial charge in [-0.05, 0) is 0 Å². The highest BCUT2D eigenvalue weighted by Crippen LogP contribution is 1.83. The van der Waals surface area contributed by atoms with Crippen molar-refractivity contribution in [1.82, 2.24) is 5.09 Å². The first-order valence-corrected chi connectivity index (χ1v) is 1.95. The van der Waals surface area contributed by atoms with Crippen LogP contribution in [-0.4, -0.2) is 11.3 Å². The van der Waals surface area contributed by atoms with Crippen LogP contribution in [0.2, 0.25) is 0 Å². The molecule has 0 aliphatic carbocycles. The predicted molar refractivity (Wildman–Crippen MR) is 19.7 cm³/mol. The molecule has 1 atom stereocenters. The Bertz CT molecular complexity index is 30.8. The molecule has 0 aliphatic rings. The maximum atomic E-state index is 9.14. The topological polar surface area (TPSA) is 49.3 Å². The molecule has 0 rings (SSSR count). The van der Waals surface area contributed by atoms with Gasteiger partial charge in [0.05, 0.1) is 0 Å². The van der Waals surface area contributed by atoms with Gasteiger partial charge in [-0.25, -0.2) is 0 Å². The fraction of sp³-hybridized carbons (Fsp3) is 0. The Hall–Kier alpha value is -0.140. The molecule has 2 N–H and O–H groups in total. The summed E-state index contributed by atoms with van der Waals surface area (Å²) in [5.74, 6) is 0. The van der Waals surface area contributed by atoms with Gasteiger partial charge in [0.15, 0.2) is 0 Å². The van der Waals surface area contributed by atoms with Crippen molar-refractivity contribution in [2.24, 2.45) is 0 Å². The van der Waals surface area contributed by atoms with Gasteiger partial charge in [0.2, 0.25) is 6.41 Å². The Kier molecular flexibility index (Phi) is 3.75. The van der Waals surface area contributed by atoms with Crippen molar-refractivity contribution >= 4 is 15.4 Å². The summed E-state index contributed by atoms with van der Waals surface area (Å²) in [5.41, 5.74) is 0. The van der Waals surface area contributed by atoms with Crippen LogP contribution in [0.3, 0.4) is 0 Å². The van der Waals surface area contributed by atoms with Crippen LogP contribution < -0.4 is 5.09 Å². The summed E-state index contributed by atoms with van der Waals surface area (Å²) in [7, 11) is -0.460. The van der Waals surface area contributed by atoms with Gasteiger partial charge >= 0.3 is 0 Å². The highest BCUT2D eigenvalue weighted by molar-refractivity contribution is 7.29. The van der Waals surface area contributed by atoms with Crippen LogP contribution in [0.25, 0.3) is 0 Å². The van der Waals surface area contributed by atoms with E-state index in [2.05, 4.69) is 0 Å². The van der Waals surface area contributed by atoms with E-state index in [0.29, 0.717) is 6.41 Å². The molecule has 1 amide bonds. The molecule has 5 heavy (non-hydrogen) atoms. The van der Waals surface area contributed by atoms with Crippen molar-refractivity contribution in [3.05, 3.63) is 0 Å². The maximum absolute atomic E-state index is 9.14. The molecule has 0 aliphatic heterocycles. The lowest BCUT2D eigenvalue weighted by Crippen LogP contribution is -1.91. The molecule has 4 heteroatoms. The molecule has 0 aromatic heterocycles. The van der Waals surface area contributed by atoms with E-state index < -0.39 is 8.96 Å². The monoisotopic (exact) mass is 93.0 g/mol. The summed E-state index contributed by atoms with van der Waals surface area (Å²) in [6.07, 6.45) is 0.443. The lowest BCUT2D eigenvalue weighted by atomic mass is 11.5. The van der Waals surface area contributed by atoms with Gasteiger partial charge in [-0.1, -0.05) is 0 Å². The van der Waals surface area contributed by atoms with E-state index >= 15 is 0 Å². The van der Waals surface area contributed by atoms with E-state index in [0.717, 1.165) is 0 Å². The third-order valence-electron chi connectivity index (χ3n) is 0.123. The van der Waals surface area contributed by atoms with Crippen molar-refractivity contribution in [3.8, 4) is 0 Å². The molecule has 0 saturated heterocycles. The number of amides is 1. The molecule has 1 unspecified atom stereocenters. The number of rotatable bonds is 2. The molecular weight excluding hydrogens is 89.0 g/mol. The molecule has 0 aromatic rings. The second-order valence-electron chi connectivity index (χ2n) is 0.374. The number of carbonyl (C=O) groups is 1. The Morgan fingerprint density at radius 3 is 2.60 bits per heavy atom. The van der Waals surface area contributed by atoms with Crippen molar-refractivity contribution in [3.63, 3.8) is 0 Å². The minimum atomic E-state index is -0.460. The average molecular weight is 93.0 g/mol. The van der Waals surface area contributed by atoms with Gasteiger partial charge in [-0.15, -0.1) is 0 Å². The fourth-order valence-corrected chi connectivity index (χ4v) is 0.0791. The van der Waals surface area contributed by atoms with Crippen molar-refractivity contribution in [2.45, 2.75) is 0 Å². The summed E-state index contributed by atoms with van der Waals surface area (Å²) in [6, 6.07) is 0. The Morgan fingerprint density at radius 1 is 2.00 bits per heavy atom. The second kappa shape index (κ2) is 3.86. The molecule has 0 radical (unpaired) electrons. The van der Waals surface area contributed by atoms with Crippen LogP contribution in [0, 0.1) is 0 Å². The van der Waals surface area contributed by atoms with Gasteiger partial charge in [-0.3, -0.25) is 4.79 Å². The molecule has 0 fully saturated rings. The van der Waals surface area contributed by atoms with Crippen molar-refractivity contribution in [2.75, 3.05) is 0 Å². The third kappa shape index (κ3) is 3.86. The smallest absolute Gasteiger partial charge is 0.211 e. The largest absolute Gasteiger partial charge is 0.357 e. The zero-order valence-corrected chi connectivity index (χ0v) is 3.43. The highest BCUT2D eigenvalue weighted by Gasteiger charge is 1.60. The van der Waals surface area contributed by atoms with Crippen LogP contribution in [-0.2, 0) is 4.79 Å². The molecule has 0 aromatic carbocycles. The minimum absolute atomic E-state index is 0.443. The van der Waals surface area contributed by atoms with E-state index in [4.69, 9.17) is 9.69 Å². The van der Waals surface area contributed by atoms with Crippen LogP contribution >= 0.6 is 8.96 Å². The van der Waals surface area contributed by atoms with Gasteiger partial charge < -0.3 is 9.98 Å². The van der Waals surface area contributed by atoms with Gasteiger partial charge in [0, 0.05) is 0 Å². The Morgan fingerprint density at radius 2 is 2.60 bits per heavy atom. The minimum Gasteiger partial charge on any atom is -0.357 e. The van der Waals surface area contributed by atoms with E-state index in [1.165, 1.54) is 0 Å². The van der Waals surface area contributed by atoms with Crippen LogP contribution in [0.5, 0.6) is 0 Å². The van der Waals surface area contributed by atoms with E-state index in [1.54, 1.807) is 0 Å². The van der Waals surface area contributed by atoms with Gasteiger partial charge in [-0.2, -0.15) is 0 Å². The summed E-state index contributed by atoms with van der Waals surface area (Å²) >= 11 is 0. The lowest BCUT2D eigenvalue weighted by Gasteiger charge is -1.77. The van der Waals surface area contributed by atoms with Crippen molar-refractivity contribution in [1.29, 1.82) is 0 Å². The normalized spacial score (nSPS) is 9.00. The summed E-state index contributed by atoms with van der Waals surface area (Å²) in [4.78, 5) is 16.9. The Balaban J connectivity index is 2.40. The SMILES string of the molecule is O=CNPO. The summed E-state index contributed by atoms with van der Waals surface area (Å²) in [5, 5.41) is 2.01. The molecule has 0 bridgehead atoms. The standard InChI is InChI=1S/CH4NO2P/c3-1-2-5-4/h1,4-5H,(H,2,3). The number of carbonyl (C=O) groups excluding carboxylic acids is 1. The lowest BCUT2D eigenvalue weighted by molar-refractivity contribution is -0.108. The molecular formula is CH4NO2P. The fourth-order valence-electron chi connectivity index (χ4n) is 0.0264. The molecule has 0 spiro atoms. The average Bonchev–Trinajstić information content (AvgIpc) is 1.41. The third-order valence-corrected chi connectivity index (χ3v) is 0.370. The summed E-state index contributed by atoms with van der Waals surface area (Å²) in [6.45, 7) is 0. The first-order chi connectivity index (χ1) is 2.41. The van der Waals surface area contributed by atoms with Crippen molar-refractivity contribution < 1.29 is 9.69 Å². The molecule has 30 valence electrons. The second-order valence-corrected chi connectivity index (χ2v) is 0.886. The first-order valence-electron chi connectivity index (χ1n) is 0.998. The van der Waals surface area contributed by atoms with E-state index in [1.807, 2.05) is 5.09 Å². The summed E-state index contributed by atoms with van der Waals surface area (Å²) < 4.78 is 0. The quantitative estimate of drug-likeness (QED) is 0.348. The first kappa shape index (κ1) is 4.86. The van der Waals surface area contributed by atoms with Crippen LogP contribution in [0.4, 0.5) is 0 Å². The molecule has 0 heterocycles. The highest BCUT2D eigenvalue weighted by atomic mass is 31.1. The predicted octanol–water partition coefficient (Wildman–Crippen LogP) is -0.767. The van der Waals surface area contributed by atoms with E-state index in [9.17, 15) is 0 Å². The molecule has 3 nitrogen and oxygen atoms in total. The number of nitrogens with one attached hydrogen (secondary N) is 1. The molecule has 0 saturated carbocycles. The Labute approximate surface area is 31.3 Å². The zero-order valence-electron chi connectivity index (χ0n) is 2.43.